The van der Waals surface area contributed by atoms with Crippen molar-refractivity contribution in [1.29, 1.82) is 0 Å². The van der Waals surface area contributed by atoms with Crippen molar-refractivity contribution in [2.45, 2.75) is 19.4 Å². The number of hydrogen-bond acceptors (Lipinski definition) is 1. The Morgan fingerprint density at radius 3 is 2.24 bits per heavy atom. The highest BCUT2D eigenvalue weighted by Gasteiger charge is 2.13. The van der Waals surface area contributed by atoms with E-state index in [2.05, 4.69) is 85.0 Å². The Morgan fingerprint density at radius 1 is 0.762 bits per heavy atom. The summed E-state index contributed by atoms with van der Waals surface area (Å²) < 4.78 is 0. The lowest BCUT2D eigenvalue weighted by Gasteiger charge is -2.20. The molecule has 0 fully saturated rings. The van der Waals surface area contributed by atoms with E-state index in [1.165, 1.54) is 21.9 Å². The molecule has 21 heavy (non-hydrogen) atoms. The first kappa shape index (κ1) is 13.8. The predicted octanol–water partition coefficient (Wildman–Crippen LogP) is 4.93. The molecule has 0 radical (unpaired) electrons. The van der Waals surface area contributed by atoms with E-state index in [-0.39, 0.29) is 6.04 Å². The van der Waals surface area contributed by atoms with E-state index >= 15 is 0 Å². The Morgan fingerprint density at radius 2 is 1.48 bits per heavy atom. The van der Waals surface area contributed by atoms with Crippen molar-refractivity contribution in [2.24, 2.45) is 0 Å². The van der Waals surface area contributed by atoms with E-state index < -0.39 is 0 Å². The molecule has 1 N–H and O–H groups in total. The van der Waals surface area contributed by atoms with Crippen molar-refractivity contribution in [3.63, 3.8) is 0 Å². The molecular weight excluding hydrogens is 254 g/mol. The van der Waals surface area contributed by atoms with Gasteiger partial charge in [-0.25, -0.2) is 0 Å². The summed E-state index contributed by atoms with van der Waals surface area (Å²) in [7, 11) is 0. The van der Waals surface area contributed by atoms with Gasteiger partial charge in [-0.2, -0.15) is 0 Å². The van der Waals surface area contributed by atoms with Crippen LogP contribution in [0.25, 0.3) is 10.8 Å². The van der Waals surface area contributed by atoms with Gasteiger partial charge in [0.25, 0.3) is 0 Å². The first-order valence-electron chi connectivity index (χ1n) is 7.65. The summed E-state index contributed by atoms with van der Waals surface area (Å²) in [4.78, 5) is 0. The van der Waals surface area contributed by atoms with Gasteiger partial charge in [-0.3, -0.25) is 0 Å². The number of hydrogen-bond donors (Lipinski definition) is 1. The molecule has 0 saturated carbocycles. The fraction of sp³-hybridized carbons (Fsp3) is 0.200. The van der Waals surface area contributed by atoms with Crippen LogP contribution in [-0.2, 0) is 0 Å². The number of nitrogens with one attached hydrogen (secondary N) is 1. The van der Waals surface area contributed by atoms with Crippen LogP contribution in [0.15, 0.2) is 72.8 Å². The smallest absolute Gasteiger partial charge is 0.0576 e. The summed E-state index contributed by atoms with van der Waals surface area (Å²) >= 11 is 0. The minimum absolute atomic E-state index is 0.260. The number of benzene rings is 3. The van der Waals surface area contributed by atoms with E-state index in [9.17, 15) is 0 Å². The molecular formula is C20H21N. The molecule has 1 atom stereocenters. The molecule has 1 nitrogen and oxygen atoms in total. The third-order valence-electron chi connectivity index (χ3n) is 3.84. The van der Waals surface area contributed by atoms with Gasteiger partial charge in [-0.05, 0) is 40.9 Å². The van der Waals surface area contributed by atoms with Crippen LogP contribution in [0.5, 0.6) is 0 Å². The Labute approximate surface area is 126 Å². The second-order valence-corrected chi connectivity index (χ2v) is 5.40. The van der Waals surface area contributed by atoms with Gasteiger partial charge in [0, 0.05) is 0 Å². The zero-order valence-electron chi connectivity index (χ0n) is 12.4. The van der Waals surface area contributed by atoms with Crippen LogP contribution in [0.3, 0.4) is 0 Å². The lowest BCUT2D eigenvalue weighted by Crippen LogP contribution is -2.23. The zero-order valence-corrected chi connectivity index (χ0v) is 12.4. The fourth-order valence-corrected chi connectivity index (χ4v) is 2.75. The fourth-order valence-electron chi connectivity index (χ4n) is 2.75. The lowest BCUT2D eigenvalue weighted by molar-refractivity contribution is 0.599. The Bertz CT molecular complexity index is 703. The van der Waals surface area contributed by atoms with Crippen LogP contribution in [0.1, 0.15) is 30.5 Å². The molecule has 1 heteroatoms. The van der Waals surface area contributed by atoms with Crippen LogP contribution in [-0.4, -0.2) is 6.54 Å². The molecule has 3 aromatic rings. The van der Waals surface area contributed by atoms with Crippen molar-refractivity contribution < 1.29 is 0 Å². The number of rotatable bonds is 5. The van der Waals surface area contributed by atoms with Crippen molar-refractivity contribution in [3.05, 3.63) is 83.9 Å². The highest BCUT2D eigenvalue weighted by Crippen LogP contribution is 2.25. The average molecular weight is 275 g/mol. The van der Waals surface area contributed by atoms with Crippen molar-refractivity contribution >= 4 is 10.8 Å². The first-order chi connectivity index (χ1) is 10.4. The van der Waals surface area contributed by atoms with Gasteiger partial charge in [-0.1, -0.05) is 73.7 Å². The first-order valence-corrected chi connectivity index (χ1v) is 7.65. The van der Waals surface area contributed by atoms with E-state index in [1.807, 2.05) is 0 Å². The molecule has 3 aromatic carbocycles. The van der Waals surface area contributed by atoms with Crippen molar-refractivity contribution in [3.8, 4) is 0 Å². The largest absolute Gasteiger partial charge is 0.306 e. The van der Waals surface area contributed by atoms with Gasteiger partial charge < -0.3 is 5.32 Å². The summed E-state index contributed by atoms with van der Waals surface area (Å²) in [5.41, 5.74) is 2.65. The van der Waals surface area contributed by atoms with Gasteiger partial charge >= 0.3 is 0 Å². The van der Waals surface area contributed by atoms with Gasteiger partial charge in [0.15, 0.2) is 0 Å². The Hall–Kier alpha value is -2.12. The quantitative estimate of drug-likeness (QED) is 0.696. The standard InChI is InChI=1S/C20H21N/c1-2-14-21-20(17-9-4-3-5-10-17)19-13-12-16-8-6-7-11-18(16)15-19/h3-13,15,20-21H,2,14H2,1H3. The molecule has 0 amide bonds. The maximum absolute atomic E-state index is 3.67. The molecule has 0 saturated heterocycles. The molecule has 0 bridgehead atoms. The van der Waals surface area contributed by atoms with Crippen LogP contribution in [0.4, 0.5) is 0 Å². The topological polar surface area (TPSA) is 12.0 Å². The molecule has 0 spiro atoms. The molecule has 0 heterocycles. The average Bonchev–Trinajstić information content (AvgIpc) is 2.56. The maximum atomic E-state index is 3.67. The lowest BCUT2D eigenvalue weighted by atomic mass is 9.96. The van der Waals surface area contributed by atoms with Gasteiger partial charge in [-0.15, -0.1) is 0 Å². The van der Waals surface area contributed by atoms with Crippen molar-refractivity contribution in [2.75, 3.05) is 6.54 Å². The van der Waals surface area contributed by atoms with Gasteiger partial charge in [0.2, 0.25) is 0 Å². The molecule has 106 valence electrons. The second kappa shape index (κ2) is 6.55. The SMILES string of the molecule is CCCNC(c1ccccc1)c1ccc2ccccc2c1. The molecule has 3 rings (SSSR count). The highest BCUT2D eigenvalue weighted by atomic mass is 14.9. The van der Waals surface area contributed by atoms with E-state index in [0.717, 1.165) is 13.0 Å². The van der Waals surface area contributed by atoms with Crippen LogP contribution < -0.4 is 5.32 Å². The van der Waals surface area contributed by atoms with Crippen molar-refractivity contribution in [1.82, 2.24) is 5.32 Å². The maximum Gasteiger partial charge on any atom is 0.0576 e. The monoisotopic (exact) mass is 275 g/mol. The third kappa shape index (κ3) is 3.14. The molecule has 0 aromatic heterocycles. The summed E-state index contributed by atoms with van der Waals surface area (Å²) in [5.74, 6) is 0. The highest BCUT2D eigenvalue weighted by molar-refractivity contribution is 5.83. The predicted molar refractivity (Wildman–Crippen MR) is 90.5 cm³/mol. The molecule has 0 aliphatic carbocycles. The van der Waals surface area contributed by atoms with Crippen LogP contribution in [0, 0.1) is 0 Å². The second-order valence-electron chi connectivity index (χ2n) is 5.40. The number of fused-ring (bicyclic) bond motifs is 1. The minimum Gasteiger partial charge on any atom is -0.306 e. The van der Waals surface area contributed by atoms with E-state index in [4.69, 9.17) is 0 Å². The molecule has 1 unspecified atom stereocenters. The normalized spacial score (nSPS) is 12.4. The molecule has 0 aliphatic rings. The zero-order chi connectivity index (χ0) is 14.5. The Kier molecular flexibility index (Phi) is 4.32. The summed E-state index contributed by atoms with van der Waals surface area (Å²) in [6, 6.07) is 26.2. The van der Waals surface area contributed by atoms with Gasteiger partial charge in [0.1, 0.15) is 0 Å². The molecule has 0 aliphatic heterocycles. The summed E-state index contributed by atoms with van der Waals surface area (Å²) in [6.07, 6.45) is 1.14. The summed E-state index contributed by atoms with van der Waals surface area (Å²) in [6.45, 7) is 3.22. The minimum atomic E-state index is 0.260. The Balaban J connectivity index is 2.01. The third-order valence-corrected chi connectivity index (χ3v) is 3.84. The van der Waals surface area contributed by atoms with E-state index in [1.54, 1.807) is 0 Å². The summed E-state index contributed by atoms with van der Waals surface area (Å²) in [5, 5.41) is 6.26. The van der Waals surface area contributed by atoms with E-state index in [0.29, 0.717) is 0 Å². The van der Waals surface area contributed by atoms with Gasteiger partial charge in [0.05, 0.1) is 6.04 Å². The van der Waals surface area contributed by atoms with Crippen LogP contribution >= 0.6 is 0 Å². The van der Waals surface area contributed by atoms with Crippen LogP contribution in [0.2, 0.25) is 0 Å².